The van der Waals surface area contributed by atoms with E-state index >= 15 is 0 Å². The maximum Gasteiger partial charge on any atom is 0.142 e. The molecule has 0 aromatic carbocycles. The molecule has 0 unspecified atom stereocenters. The lowest BCUT2D eigenvalue weighted by atomic mass is 10.1. The van der Waals surface area contributed by atoms with Crippen molar-refractivity contribution in [1.29, 1.82) is 0 Å². The number of unbranched alkanes of at least 4 members (excludes halogenated alkanes) is 5. The van der Waals surface area contributed by atoms with E-state index in [-0.39, 0.29) is 0 Å². The summed E-state index contributed by atoms with van der Waals surface area (Å²) in [6.07, 6.45) is 12.5. The summed E-state index contributed by atoms with van der Waals surface area (Å²) in [6, 6.07) is 0. The fourth-order valence-electron chi connectivity index (χ4n) is 0.887. The SMILES string of the molecule is CCCCC[CH]CC=CC=O. The van der Waals surface area contributed by atoms with Crippen molar-refractivity contribution in [1.82, 2.24) is 0 Å². The summed E-state index contributed by atoms with van der Waals surface area (Å²) in [7, 11) is 0. The molecule has 0 spiro atoms. The molecule has 0 aliphatic rings. The van der Waals surface area contributed by atoms with Crippen LogP contribution in [0.1, 0.15) is 39.0 Å². The quantitative estimate of drug-likeness (QED) is 0.312. The first-order chi connectivity index (χ1) is 5.41. The molecule has 11 heavy (non-hydrogen) atoms. The monoisotopic (exact) mass is 153 g/mol. The number of rotatable bonds is 7. The minimum atomic E-state index is 0.819. The van der Waals surface area contributed by atoms with Crippen molar-refractivity contribution in [3.8, 4) is 0 Å². The molecule has 1 radical (unpaired) electrons. The first-order valence-electron chi connectivity index (χ1n) is 4.33. The zero-order chi connectivity index (χ0) is 8.36. The highest BCUT2D eigenvalue weighted by Gasteiger charge is 1.85. The number of hydrogen-bond donors (Lipinski definition) is 0. The second kappa shape index (κ2) is 9.41. The van der Waals surface area contributed by atoms with Crippen molar-refractivity contribution in [3.05, 3.63) is 18.6 Å². The third-order valence-corrected chi connectivity index (χ3v) is 1.53. The number of allylic oxidation sites excluding steroid dienone is 2. The molecule has 0 bridgehead atoms. The summed E-state index contributed by atoms with van der Waals surface area (Å²) in [4.78, 5) is 9.84. The normalized spacial score (nSPS) is 10.6. The molecule has 1 heteroatoms. The van der Waals surface area contributed by atoms with Gasteiger partial charge in [0.2, 0.25) is 0 Å². The molecule has 63 valence electrons. The lowest BCUT2D eigenvalue weighted by Crippen LogP contribution is -1.76. The largest absolute Gasteiger partial charge is 0.299 e. The predicted molar refractivity (Wildman–Crippen MR) is 48.3 cm³/mol. The standard InChI is InChI=1S/C10H17O/c1-2-3-4-5-6-7-8-9-10-11/h6,8-10H,2-5,7H2,1H3. The van der Waals surface area contributed by atoms with Gasteiger partial charge in [-0.25, -0.2) is 0 Å². The minimum absolute atomic E-state index is 0.819. The molecule has 0 fully saturated rings. The van der Waals surface area contributed by atoms with Crippen LogP contribution in [0.3, 0.4) is 0 Å². The van der Waals surface area contributed by atoms with E-state index in [0.717, 1.165) is 12.7 Å². The number of carbonyl (C=O) groups excluding carboxylic acids is 1. The molecule has 1 nitrogen and oxygen atoms in total. The molecule has 0 saturated heterocycles. The molecule has 0 rings (SSSR count). The number of hydrogen-bond acceptors (Lipinski definition) is 1. The Balaban J connectivity index is 2.90. The van der Waals surface area contributed by atoms with Gasteiger partial charge in [-0.3, -0.25) is 4.79 Å². The third kappa shape index (κ3) is 9.41. The predicted octanol–water partition coefficient (Wildman–Crippen LogP) is 2.92. The topological polar surface area (TPSA) is 17.1 Å². The van der Waals surface area contributed by atoms with Gasteiger partial charge in [0.15, 0.2) is 0 Å². The molecular formula is C10H17O. The second-order valence-corrected chi connectivity index (χ2v) is 2.58. The van der Waals surface area contributed by atoms with Crippen LogP contribution in [0.5, 0.6) is 0 Å². The van der Waals surface area contributed by atoms with Gasteiger partial charge >= 0.3 is 0 Å². The fraction of sp³-hybridized carbons (Fsp3) is 0.600. The maximum atomic E-state index is 9.84. The Morgan fingerprint density at radius 1 is 1.27 bits per heavy atom. The minimum Gasteiger partial charge on any atom is -0.299 e. The lowest BCUT2D eigenvalue weighted by Gasteiger charge is -1.94. The van der Waals surface area contributed by atoms with E-state index in [1.807, 2.05) is 6.08 Å². The zero-order valence-corrected chi connectivity index (χ0v) is 7.25. The average molecular weight is 153 g/mol. The van der Waals surface area contributed by atoms with E-state index in [0.29, 0.717) is 0 Å². The van der Waals surface area contributed by atoms with E-state index < -0.39 is 0 Å². The summed E-state index contributed by atoms with van der Waals surface area (Å²) < 4.78 is 0. The summed E-state index contributed by atoms with van der Waals surface area (Å²) in [5.41, 5.74) is 0. The molecule has 0 aromatic rings. The van der Waals surface area contributed by atoms with E-state index in [2.05, 4.69) is 13.3 Å². The van der Waals surface area contributed by atoms with E-state index in [1.165, 1.54) is 25.7 Å². The van der Waals surface area contributed by atoms with Crippen LogP contribution in [-0.2, 0) is 4.79 Å². The Labute approximate surface area is 69.5 Å². The van der Waals surface area contributed by atoms with Crippen LogP contribution in [0.25, 0.3) is 0 Å². The van der Waals surface area contributed by atoms with Crippen molar-refractivity contribution < 1.29 is 4.79 Å². The van der Waals surface area contributed by atoms with Crippen molar-refractivity contribution in [2.75, 3.05) is 0 Å². The fourth-order valence-corrected chi connectivity index (χ4v) is 0.887. The van der Waals surface area contributed by atoms with Gasteiger partial charge in [0, 0.05) is 0 Å². The summed E-state index contributed by atoms with van der Waals surface area (Å²) in [6.45, 7) is 2.20. The molecule has 0 aliphatic heterocycles. The Kier molecular flexibility index (Phi) is 8.91. The summed E-state index contributed by atoms with van der Waals surface area (Å²) in [5.74, 6) is 0. The Hall–Kier alpha value is -0.590. The highest BCUT2D eigenvalue weighted by atomic mass is 16.1. The molecule has 0 aliphatic carbocycles. The van der Waals surface area contributed by atoms with Crippen LogP contribution in [0.2, 0.25) is 0 Å². The Bertz CT molecular complexity index is 105. The van der Waals surface area contributed by atoms with Crippen LogP contribution >= 0.6 is 0 Å². The Morgan fingerprint density at radius 2 is 2.09 bits per heavy atom. The van der Waals surface area contributed by atoms with Gasteiger partial charge < -0.3 is 0 Å². The first kappa shape index (κ1) is 10.4. The van der Waals surface area contributed by atoms with E-state index in [4.69, 9.17) is 0 Å². The van der Waals surface area contributed by atoms with Crippen LogP contribution < -0.4 is 0 Å². The molecule has 0 atom stereocenters. The molecular weight excluding hydrogens is 136 g/mol. The van der Waals surface area contributed by atoms with Gasteiger partial charge in [0.1, 0.15) is 6.29 Å². The van der Waals surface area contributed by atoms with Crippen molar-refractivity contribution >= 4 is 6.29 Å². The second-order valence-electron chi connectivity index (χ2n) is 2.58. The molecule has 0 aromatic heterocycles. The zero-order valence-electron chi connectivity index (χ0n) is 7.25. The van der Waals surface area contributed by atoms with Gasteiger partial charge in [-0.05, 0) is 25.3 Å². The van der Waals surface area contributed by atoms with Gasteiger partial charge in [-0.2, -0.15) is 0 Å². The Morgan fingerprint density at radius 3 is 2.73 bits per heavy atom. The summed E-state index contributed by atoms with van der Waals surface area (Å²) in [5, 5.41) is 0. The summed E-state index contributed by atoms with van der Waals surface area (Å²) >= 11 is 0. The van der Waals surface area contributed by atoms with Crippen LogP contribution in [0.15, 0.2) is 12.2 Å². The van der Waals surface area contributed by atoms with Gasteiger partial charge in [0.05, 0.1) is 0 Å². The molecule has 0 heterocycles. The average Bonchev–Trinajstić information content (AvgIpc) is 2.03. The third-order valence-electron chi connectivity index (χ3n) is 1.53. The highest BCUT2D eigenvalue weighted by molar-refractivity contribution is 5.64. The van der Waals surface area contributed by atoms with Gasteiger partial charge in [0.25, 0.3) is 0 Å². The highest BCUT2D eigenvalue weighted by Crippen LogP contribution is 2.03. The first-order valence-corrected chi connectivity index (χ1v) is 4.33. The number of aldehydes is 1. The molecule has 0 N–H and O–H groups in total. The molecule has 0 amide bonds. The van der Waals surface area contributed by atoms with Crippen molar-refractivity contribution in [2.24, 2.45) is 0 Å². The molecule has 0 saturated carbocycles. The number of carbonyl (C=O) groups is 1. The van der Waals surface area contributed by atoms with E-state index in [9.17, 15) is 4.79 Å². The van der Waals surface area contributed by atoms with Gasteiger partial charge in [-0.1, -0.05) is 32.3 Å². The lowest BCUT2D eigenvalue weighted by molar-refractivity contribution is -0.104. The van der Waals surface area contributed by atoms with Crippen LogP contribution in [0.4, 0.5) is 0 Å². The van der Waals surface area contributed by atoms with Crippen LogP contribution in [0, 0.1) is 6.42 Å². The maximum absolute atomic E-state index is 9.84. The smallest absolute Gasteiger partial charge is 0.142 e. The van der Waals surface area contributed by atoms with Gasteiger partial charge in [-0.15, -0.1) is 0 Å². The van der Waals surface area contributed by atoms with Crippen molar-refractivity contribution in [2.45, 2.75) is 39.0 Å². The van der Waals surface area contributed by atoms with Crippen LogP contribution in [-0.4, -0.2) is 6.29 Å². The van der Waals surface area contributed by atoms with E-state index in [1.54, 1.807) is 6.08 Å². The van der Waals surface area contributed by atoms with Crippen molar-refractivity contribution in [3.63, 3.8) is 0 Å².